The topological polar surface area (TPSA) is 26.3 Å². The van der Waals surface area contributed by atoms with E-state index in [-0.39, 0.29) is 11.5 Å². The van der Waals surface area contributed by atoms with Crippen molar-refractivity contribution in [3.8, 4) is 0 Å². The molecule has 0 heterocycles. The minimum atomic E-state index is -5.32. The third-order valence-corrected chi connectivity index (χ3v) is 4.83. The van der Waals surface area contributed by atoms with Gasteiger partial charge in [-0.15, -0.1) is 0 Å². The molecule has 0 N–H and O–H groups in total. The monoisotopic (exact) mass is 344 g/mol. The fourth-order valence-electron chi connectivity index (χ4n) is 3.83. The summed E-state index contributed by atoms with van der Waals surface area (Å²) in [5.74, 6) is -5.11. The lowest BCUT2D eigenvalue weighted by Crippen LogP contribution is -2.40. The number of carbonyl (C=O) groups excluding carboxylic acids is 1. The van der Waals surface area contributed by atoms with Crippen molar-refractivity contribution in [2.45, 2.75) is 51.1 Å². The average Bonchev–Trinajstić information content (AvgIpc) is 2.92. The molecule has 0 aromatic carbocycles. The molecule has 0 saturated heterocycles. The lowest BCUT2D eigenvalue weighted by Gasteiger charge is -2.33. The van der Waals surface area contributed by atoms with Crippen LogP contribution in [0.2, 0.25) is 0 Å². The van der Waals surface area contributed by atoms with Gasteiger partial charge in [0, 0.05) is 5.57 Å². The Balaban J connectivity index is 2.07. The van der Waals surface area contributed by atoms with Crippen LogP contribution in [0.15, 0.2) is 12.2 Å². The van der Waals surface area contributed by atoms with Gasteiger partial charge in [0.25, 0.3) is 0 Å². The molecule has 2 aliphatic carbocycles. The summed E-state index contributed by atoms with van der Waals surface area (Å²) in [5, 5.41) is 0. The van der Waals surface area contributed by atoms with Gasteiger partial charge in [-0.25, -0.2) is 4.79 Å². The molecule has 0 aliphatic heterocycles. The van der Waals surface area contributed by atoms with Gasteiger partial charge < -0.3 is 4.74 Å². The molecule has 8 heteroatoms. The van der Waals surface area contributed by atoms with Crippen molar-refractivity contribution in [2.24, 2.45) is 23.7 Å². The predicted octanol–water partition coefficient (Wildman–Crippen LogP) is 4.65. The Bertz CT molecular complexity index is 467. The number of esters is 1. The summed E-state index contributed by atoms with van der Waals surface area (Å²) in [7, 11) is 0. The molecular weight excluding hydrogens is 326 g/mol. The van der Waals surface area contributed by atoms with Gasteiger partial charge in [-0.2, -0.15) is 26.3 Å². The molecule has 2 nitrogen and oxygen atoms in total. The molecule has 23 heavy (non-hydrogen) atoms. The van der Waals surface area contributed by atoms with Crippen LogP contribution in [0, 0.1) is 23.7 Å². The first-order valence-electron chi connectivity index (χ1n) is 7.39. The maximum atomic E-state index is 12.7. The Morgan fingerprint density at radius 1 is 1.13 bits per heavy atom. The van der Waals surface area contributed by atoms with E-state index in [0.717, 1.165) is 0 Å². The summed E-state index contributed by atoms with van der Waals surface area (Å²) in [5.41, 5.74) is 0.160. The maximum Gasteiger partial charge on any atom is 0.400 e. The van der Waals surface area contributed by atoms with E-state index in [0.29, 0.717) is 19.3 Å². The second-order valence-corrected chi connectivity index (χ2v) is 6.59. The van der Waals surface area contributed by atoms with Gasteiger partial charge in [0.15, 0.2) is 5.92 Å². The Morgan fingerprint density at radius 3 is 2.13 bits per heavy atom. The van der Waals surface area contributed by atoms with Crippen molar-refractivity contribution in [1.82, 2.24) is 0 Å². The average molecular weight is 344 g/mol. The second-order valence-electron chi connectivity index (χ2n) is 6.59. The first-order chi connectivity index (χ1) is 10.4. The van der Waals surface area contributed by atoms with Gasteiger partial charge in [0.05, 0.1) is 0 Å². The summed E-state index contributed by atoms with van der Waals surface area (Å²) < 4.78 is 81.4. The number of alkyl halides is 6. The highest BCUT2D eigenvalue weighted by Gasteiger charge is 2.59. The highest BCUT2D eigenvalue weighted by atomic mass is 19.4. The van der Waals surface area contributed by atoms with Gasteiger partial charge >= 0.3 is 18.3 Å². The number of fused-ring (bicyclic) bond motifs is 2. The number of ether oxygens (including phenoxy) is 1. The summed E-state index contributed by atoms with van der Waals surface area (Å²) in [4.78, 5) is 11.5. The molecule has 2 rings (SSSR count). The van der Waals surface area contributed by atoms with E-state index in [1.165, 1.54) is 6.92 Å². The zero-order valence-electron chi connectivity index (χ0n) is 12.5. The number of rotatable bonds is 4. The summed E-state index contributed by atoms with van der Waals surface area (Å²) in [6, 6.07) is 0. The molecule has 0 amide bonds. The molecule has 4 atom stereocenters. The van der Waals surface area contributed by atoms with Crippen LogP contribution in [0.3, 0.4) is 0 Å². The van der Waals surface area contributed by atoms with Crippen LogP contribution < -0.4 is 0 Å². The van der Waals surface area contributed by atoms with Crippen LogP contribution in [0.5, 0.6) is 0 Å². The second kappa shape index (κ2) is 6.02. The Hall–Kier alpha value is -1.21. The van der Waals surface area contributed by atoms with Gasteiger partial charge in [-0.3, -0.25) is 0 Å². The molecule has 0 aromatic heterocycles. The molecule has 2 aliphatic rings. The van der Waals surface area contributed by atoms with Crippen molar-refractivity contribution in [3.05, 3.63) is 12.2 Å². The van der Waals surface area contributed by atoms with Crippen molar-refractivity contribution < 1.29 is 35.9 Å². The van der Waals surface area contributed by atoms with Crippen LogP contribution in [-0.2, 0) is 9.53 Å². The normalized spacial score (nSPS) is 30.8. The lowest BCUT2D eigenvalue weighted by atomic mass is 9.80. The fraction of sp³-hybridized carbons (Fsp3) is 0.800. The fourth-order valence-corrected chi connectivity index (χ4v) is 3.83. The minimum Gasteiger partial charge on any atom is -0.459 e. The van der Waals surface area contributed by atoms with E-state index in [1.54, 1.807) is 0 Å². The molecule has 0 aromatic rings. The Morgan fingerprint density at radius 2 is 1.70 bits per heavy atom. The highest BCUT2D eigenvalue weighted by Crippen LogP contribution is 2.54. The van der Waals surface area contributed by atoms with Crippen LogP contribution in [-0.4, -0.2) is 24.4 Å². The zero-order valence-corrected chi connectivity index (χ0v) is 12.5. The maximum absolute atomic E-state index is 12.7. The van der Waals surface area contributed by atoms with E-state index in [1.807, 2.05) is 0 Å². The van der Waals surface area contributed by atoms with Gasteiger partial charge in [-0.1, -0.05) is 6.58 Å². The number of halogens is 6. The third-order valence-electron chi connectivity index (χ3n) is 4.83. The molecule has 0 radical (unpaired) electrons. The van der Waals surface area contributed by atoms with Crippen molar-refractivity contribution >= 4 is 5.97 Å². The van der Waals surface area contributed by atoms with E-state index in [4.69, 9.17) is 4.74 Å². The molecule has 132 valence electrons. The summed E-state index contributed by atoms with van der Waals surface area (Å²) in [6.45, 7) is 4.86. The quantitative estimate of drug-likeness (QED) is 0.421. The summed E-state index contributed by atoms with van der Waals surface area (Å²) >= 11 is 0. The molecule has 4 unspecified atom stereocenters. The SMILES string of the molecule is C=C(C)C(=O)OC1CC2CC(CC(C(F)(F)F)C(F)(F)F)C1C2. The van der Waals surface area contributed by atoms with E-state index in [9.17, 15) is 31.1 Å². The van der Waals surface area contributed by atoms with Gasteiger partial charge in [0.1, 0.15) is 6.10 Å². The van der Waals surface area contributed by atoms with Crippen LogP contribution in [0.25, 0.3) is 0 Å². The van der Waals surface area contributed by atoms with Crippen molar-refractivity contribution in [3.63, 3.8) is 0 Å². The van der Waals surface area contributed by atoms with E-state index >= 15 is 0 Å². The smallest absolute Gasteiger partial charge is 0.400 e. The zero-order chi connectivity index (χ0) is 17.6. The molecule has 2 bridgehead atoms. The molecular formula is C15H18F6O2. The van der Waals surface area contributed by atoms with Crippen molar-refractivity contribution in [1.29, 1.82) is 0 Å². The lowest BCUT2D eigenvalue weighted by molar-refractivity contribution is -0.289. The van der Waals surface area contributed by atoms with E-state index in [2.05, 4.69) is 6.58 Å². The highest BCUT2D eigenvalue weighted by molar-refractivity contribution is 5.87. The predicted molar refractivity (Wildman–Crippen MR) is 69.2 cm³/mol. The van der Waals surface area contributed by atoms with E-state index < -0.39 is 48.6 Å². The standard InChI is InChI=1S/C15H18F6O2/c1-7(2)13(22)23-11-5-8-3-9(10(11)4-8)6-12(14(16,17)18)15(19,20)21/h8-12H,1,3-6H2,2H3. The summed E-state index contributed by atoms with van der Waals surface area (Å²) in [6.07, 6.45) is -10.9. The largest absolute Gasteiger partial charge is 0.459 e. The van der Waals surface area contributed by atoms with Crippen molar-refractivity contribution in [2.75, 3.05) is 0 Å². The minimum absolute atomic E-state index is 0.0232. The van der Waals surface area contributed by atoms with Crippen LogP contribution in [0.1, 0.15) is 32.6 Å². The number of carbonyl (C=O) groups is 1. The van der Waals surface area contributed by atoms with Gasteiger partial charge in [-0.05, 0) is 50.4 Å². The third kappa shape index (κ3) is 4.01. The van der Waals surface area contributed by atoms with Gasteiger partial charge in [0.2, 0.25) is 0 Å². The number of hydrogen-bond acceptors (Lipinski definition) is 2. The molecule has 2 saturated carbocycles. The van der Waals surface area contributed by atoms with Crippen LogP contribution in [0.4, 0.5) is 26.3 Å². The first kappa shape index (κ1) is 18.1. The van der Waals surface area contributed by atoms with Crippen LogP contribution >= 0.6 is 0 Å². The Kier molecular flexibility index (Phi) is 4.74. The Labute approximate surface area is 129 Å². The molecule has 2 fully saturated rings. The first-order valence-corrected chi connectivity index (χ1v) is 7.39. The molecule has 0 spiro atoms. The number of hydrogen-bond donors (Lipinski definition) is 0.